The molecule has 2 aliphatic heterocycles. The molecule has 2 saturated heterocycles. The molecular formula is C25H25FN2O4. The lowest BCUT2D eigenvalue weighted by atomic mass is 9.55. The highest BCUT2D eigenvalue weighted by Crippen LogP contribution is 2.58. The fourth-order valence-electron chi connectivity index (χ4n) is 5.72. The molecule has 1 N–H and O–H groups in total. The zero-order chi connectivity index (χ0) is 22.7. The summed E-state index contributed by atoms with van der Waals surface area (Å²) in [4.78, 5) is 29.7. The number of halogens is 1. The minimum Gasteiger partial charge on any atom is -0.457 e. The molecule has 1 amide bonds. The van der Waals surface area contributed by atoms with Crippen molar-refractivity contribution in [1.82, 2.24) is 10.3 Å². The van der Waals surface area contributed by atoms with Gasteiger partial charge in [-0.05, 0) is 48.6 Å². The molecular weight excluding hydrogens is 411 g/mol. The first kappa shape index (κ1) is 20.7. The molecule has 0 radical (unpaired) electrons. The fraction of sp³-hybridized carbons (Fsp3) is 0.400. The lowest BCUT2D eigenvalue weighted by molar-refractivity contribution is -0.157. The fourth-order valence-corrected chi connectivity index (χ4v) is 5.72. The van der Waals surface area contributed by atoms with E-state index in [1.165, 1.54) is 12.1 Å². The van der Waals surface area contributed by atoms with Crippen molar-refractivity contribution in [1.29, 1.82) is 0 Å². The van der Waals surface area contributed by atoms with E-state index < -0.39 is 29.3 Å². The highest BCUT2D eigenvalue weighted by Gasteiger charge is 2.78. The van der Waals surface area contributed by atoms with E-state index in [2.05, 4.69) is 24.1 Å². The first-order valence-corrected chi connectivity index (χ1v) is 10.9. The Morgan fingerprint density at radius 1 is 1.16 bits per heavy atom. The highest BCUT2D eigenvalue weighted by molar-refractivity contribution is 5.92. The van der Waals surface area contributed by atoms with Gasteiger partial charge in [0.25, 0.3) is 0 Å². The average Bonchev–Trinajstić information content (AvgIpc) is 3.17. The van der Waals surface area contributed by atoms with Crippen LogP contribution in [0.15, 0.2) is 48.7 Å². The molecule has 6 nitrogen and oxygen atoms in total. The third kappa shape index (κ3) is 2.80. The van der Waals surface area contributed by atoms with E-state index in [4.69, 9.17) is 9.47 Å². The minimum atomic E-state index is -1.31. The Morgan fingerprint density at radius 2 is 1.97 bits per heavy atom. The monoisotopic (exact) mass is 436 g/mol. The van der Waals surface area contributed by atoms with E-state index in [-0.39, 0.29) is 23.6 Å². The Labute approximate surface area is 185 Å². The van der Waals surface area contributed by atoms with Crippen LogP contribution in [0.1, 0.15) is 32.9 Å². The number of amides is 1. The molecule has 32 heavy (non-hydrogen) atoms. The van der Waals surface area contributed by atoms with Gasteiger partial charge in [0.2, 0.25) is 5.60 Å². The van der Waals surface area contributed by atoms with Crippen molar-refractivity contribution >= 4 is 18.1 Å². The molecule has 3 heterocycles. The van der Waals surface area contributed by atoms with E-state index in [1.54, 1.807) is 12.3 Å². The highest BCUT2D eigenvalue weighted by atomic mass is 19.1. The molecule has 1 saturated carbocycles. The molecule has 5 rings (SSSR count). The maximum Gasteiger partial charge on any atom is 0.409 e. The lowest BCUT2D eigenvalue weighted by Crippen LogP contribution is -2.69. The summed E-state index contributed by atoms with van der Waals surface area (Å²) in [6.45, 7) is 6.00. The molecule has 7 heteroatoms. The quantitative estimate of drug-likeness (QED) is 0.724. The second-order valence-electron chi connectivity index (χ2n) is 9.17. The molecule has 1 aromatic heterocycles. The van der Waals surface area contributed by atoms with E-state index in [1.807, 2.05) is 37.3 Å². The van der Waals surface area contributed by atoms with Gasteiger partial charge in [-0.2, -0.15) is 0 Å². The van der Waals surface area contributed by atoms with Gasteiger partial charge in [-0.3, -0.25) is 4.98 Å². The summed E-state index contributed by atoms with van der Waals surface area (Å²) in [5, 5.41) is 2.96. The van der Waals surface area contributed by atoms with Crippen molar-refractivity contribution in [3.8, 4) is 11.1 Å². The van der Waals surface area contributed by atoms with Crippen molar-refractivity contribution in [2.24, 2.45) is 17.8 Å². The number of alkyl carbamates (subject to hydrolysis) is 1. The Kier molecular flexibility index (Phi) is 4.62. The van der Waals surface area contributed by atoms with Crippen LogP contribution >= 0.6 is 0 Å². The van der Waals surface area contributed by atoms with Gasteiger partial charge in [0, 0.05) is 24.1 Å². The Balaban J connectivity index is 1.48. The number of pyridine rings is 1. The molecule has 3 fully saturated rings. The number of nitrogens with one attached hydrogen (secondary N) is 1. The van der Waals surface area contributed by atoms with Gasteiger partial charge in [-0.1, -0.05) is 38.1 Å². The first-order valence-electron chi connectivity index (χ1n) is 10.9. The zero-order valence-corrected chi connectivity index (χ0v) is 18.2. The SMILES string of the molecule is C[C@@H]1[C@@H](C)C[C@]23OC(=O)N[C@]2([C@@H](C)OC3=O)[C@H]1C=Cc1ccc(-c2cccc(F)c2)cn1. The molecule has 6 atom stereocenters. The number of benzene rings is 1. The van der Waals surface area contributed by atoms with Crippen molar-refractivity contribution in [3.63, 3.8) is 0 Å². The summed E-state index contributed by atoms with van der Waals surface area (Å²) in [6, 6.07) is 10.1. The maximum absolute atomic E-state index is 13.5. The number of hydrogen-bond acceptors (Lipinski definition) is 5. The zero-order valence-electron chi connectivity index (χ0n) is 18.2. The van der Waals surface area contributed by atoms with Crippen LogP contribution in [0.2, 0.25) is 0 Å². The smallest absolute Gasteiger partial charge is 0.409 e. The van der Waals surface area contributed by atoms with Crippen molar-refractivity contribution < 1.29 is 23.5 Å². The summed E-state index contributed by atoms with van der Waals surface area (Å²) in [6.07, 6.45) is 4.94. The number of hydrogen-bond donors (Lipinski definition) is 1. The lowest BCUT2D eigenvalue weighted by Gasteiger charge is -2.49. The van der Waals surface area contributed by atoms with Crippen LogP contribution in [0.4, 0.5) is 9.18 Å². The first-order chi connectivity index (χ1) is 15.3. The van der Waals surface area contributed by atoms with Gasteiger partial charge in [0.05, 0.1) is 5.69 Å². The van der Waals surface area contributed by atoms with E-state index in [9.17, 15) is 14.0 Å². The summed E-state index contributed by atoms with van der Waals surface area (Å²) in [5.41, 5.74) is 0.0386. The summed E-state index contributed by atoms with van der Waals surface area (Å²) in [7, 11) is 0. The number of carbonyl (C=O) groups is 2. The van der Waals surface area contributed by atoms with Crippen LogP contribution in [-0.4, -0.2) is 34.3 Å². The molecule has 166 valence electrons. The van der Waals surface area contributed by atoms with Crippen LogP contribution in [0, 0.1) is 23.6 Å². The maximum atomic E-state index is 13.5. The van der Waals surface area contributed by atoms with Gasteiger partial charge < -0.3 is 14.8 Å². The van der Waals surface area contributed by atoms with Crippen LogP contribution in [0.25, 0.3) is 17.2 Å². The van der Waals surface area contributed by atoms with Gasteiger partial charge in [0.1, 0.15) is 17.5 Å². The Hall–Kier alpha value is -3.22. The van der Waals surface area contributed by atoms with Crippen molar-refractivity contribution in [2.75, 3.05) is 0 Å². The topological polar surface area (TPSA) is 77.5 Å². The summed E-state index contributed by atoms with van der Waals surface area (Å²) in [5.74, 6) is -0.642. The molecule has 0 unspecified atom stereocenters. The normalized spacial score (nSPS) is 35.8. The molecule has 2 aromatic rings. The molecule has 0 spiro atoms. The predicted molar refractivity (Wildman–Crippen MR) is 116 cm³/mol. The Bertz CT molecular complexity index is 1120. The predicted octanol–water partition coefficient (Wildman–Crippen LogP) is 4.36. The molecule has 1 aromatic carbocycles. The summed E-state index contributed by atoms with van der Waals surface area (Å²) < 4.78 is 24.7. The van der Waals surface area contributed by atoms with Crippen LogP contribution < -0.4 is 5.32 Å². The average molecular weight is 436 g/mol. The van der Waals surface area contributed by atoms with Gasteiger partial charge in [0.15, 0.2) is 0 Å². The summed E-state index contributed by atoms with van der Waals surface area (Å²) >= 11 is 0. The number of aromatic nitrogens is 1. The largest absolute Gasteiger partial charge is 0.457 e. The number of cyclic esters (lactones) is 1. The van der Waals surface area contributed by atoms with E-state index >= 15 is 0 Å². The molecule has 3 aliphatic rings. The van der Waals surface area contributed by atoms with E-state index in [0.29, 0.717) is 6.42 Å². The molecule has 0 bridgehead atoms. The third-order valence-electron chi connectivity index (χ3n) is 7.52. The third-order valence-corrected chi connectivity index (χ3v) is 7.52. The number of ether oxygens (including phenoxy) is 2. The second-order valence-corrected chi connectivity index (χ2v) is 9.17. The number of esters is 1. The number of carbonyl (C=O) groups excluding carboxylic acids is 2. The second kappa shape index (κ2) is 7.15. The molecule has 1 aliphatic carbocycles. The standard InChI is InChI=1S/C25H25FN2O4/c1-14-12-24-22(29)31-16(3)25(24,28-23(30)32-24)21(15(14)2)10-9-20-8-7-18(13-27-20)17-5-4-6-19(26)11-17/h4-11,13-16,21H,12H2,1-3H3,(H,28,30)/t14-,15+,16+,21-,24+,25+/m0/s1. The van der Waals surface area contributed by atoms with Gasteiger partial charge in [-0.15, -0.1) is 0 Å². The van der Waals surface area contributed by atoms with Gasteiger partial charge in [-0.25, -0.2) is 14.0 Å². The van der Waals surface area contributed by atoms with Crippen molar-refractivity contribution in [3.05, 3.63) is 60.2 Å². The van der Waals surface area contributed by atoms with Crippen molar-refractivity contribution in [2.45, 2.75) is 44.4 Å². The number of nitrogens with zero attached hydrogens (tertiary/aromatic N) is 1. The van der Waals surface area contributed by atoms with Crippen LogP contribution in [0.5, 0.6) is 0 Å². The Morgan fingerprint density at radius 3 is 2.69 bits per heavy atom. The van der Waals surface area contributed by atoms with Crippen LogP contribution in [0.3, 0.4) is 0 Å². The minimum absolute atomic E-state index is 0.145. The number of rotatable bonds is 3. The van der Waals surface area contributed by atoms with Gasteiger partial charge >= 0.3 is 12.1 Å². The van der Waals surface area contributed by atoms with E-state index in [0.717, 1.165) is 16.8 Å². The van der Waals surface area contributed by atoms with Crippen LogP contribution in [-0.2, 0) is 14.3 Å².